The number of cyclic esters (lactones) is 1. The van der Waals surface area contributed by atoms with E-state index in [4.69, 9.17) is 9.47 Å². The van der Waals surface area contributed by atoms with Crippen molar-refractivity contribution in [2.45, 2.75) is 51.1 Å². The van der Waals surface area contributed by atoms with Crippen LogP contribution < -0.4 is 5.32 Å². The molecular formula is C13H22FN3O5. The van der Waals surface area contributed by atoms with E-state index in [2.05, 4.69) is 5.32 Å². The average Bonchev–Trinajstić information content (AvgIpc) is 2.93. The van der Waals surface area contributed by atoms with Crippen molar-refractivity contribution in [3.63, 3.8) is 0 Å². The molecule has 9 heteroatoms. The third kappa shape index (κ3) is 3.77. The van der Waals surface area contributed by atoms with Gasteiger partial charge in [0.2, 0.25) is 0 Å². The molecule has 22 heavy (non-hydrogen) atoms. The zero-order chi connectivity index (χ0) is 16.5. The molecule has 0 aromatic carbocycles. The van der Waals surface area contributed by atoms with Gasteiger partial charge < -0.3 is 19.9 Å². The van der Waals surface area contributed by atoms with Gasteiger partial charge in [-0.2, -0.15) is 0 Å². The number of aliphatic hydroxyl groups excluding tert-OH is 1. The number of carbonyl (C=O) groups is 2. The van der Waals surface area contributed by atoms with Crippen molar-refractivity contribution in [1.82, 2.24) is 15.3 Å². The van der Waals surface area contributed by atoms with Crippen LogP contribution in [0.15, 0.2) is 0 Å². The predicted molar refractivity (Wildman–Crippen MR) is 73.4 cm³/mol. The molecule has 126 valence electrons. The van der Waals surface area contributed by atoms with E-state index < -0.39 is 36.7 Å². The van der Waals surface area contributed by atoms with Gasteiger partial charge in [-0.25, -0.2) is 9.59 Å². The van der Waals surface area contributed by atoms with Gasteiger partial charge in [-0.1, -0.05) is 4.48 Å². The fraction of sp³-hybridized carbons (Fsp3) is 0.846. The highest BCUT2D eigenvalue weighted by atomic mass is 19.2. The summed E-state index contributed by atoms with van der Waals surface area (Å²) in [4.78, 5) is 24.6. The van der Waals surface area contributed by atoms with Gasteiger partial charge in [0, 0.05) is 19.1 Å². The van der Waals surface area contributed by atoms with Gasteiger partial charge in [-0.15, -0.1) is 5.12 Å². The van der Waals surface area contributed by atoms with E-state index in [1.54, 1.807) is 25.7 Å². The minimum Gasteiger partial charge on any atom is -0.444 e. The van der Waals surface area contributed by atoms with Crippen LogP contribution in [0.1, 0.15) is 27.2 Å². The Morgan fingerprint density at radius 3 is 2.82 bits per heavy atom. The second-order valence-corrected chi connectivity index (χ2v) is 6.46. The molecule has 2 aliphatic rings. The Labute approximate surface area is 128 Å². The SMILES string of the molecule is CC(C)(C)OC(=O)N[C@H]1CCN(C2C(CO)OC(=O)N2F)C1. The molecular weight excluding hydrogens is 297 g/mol. The first kappa shape index (κ1) is 16.8. The number of likely N-dealkylation sites (tertiary alicyclic amines) is 1. The second kappa shape index (κ2) is 6.25. The molecule has 0 aliphatic carbocycles. The van der Waals surface area contributed by atoms with E-state index >= 15 is 0 Å². The molecule has 0 bridgehead atoms. The van der Waals surface area contributed by atoms with Crippen LogP contribution in [-0.4, -0.2) is 70.9 Å². The highest BCUT2D eigenvalue weighted by Gasteiger charge is 2.47. The summed E-state index contributed by atoms with van der Waals surface area (Å²) in [6.07, 6.45) is -2.95. The molecule has 0 aromatic heterocycles. The predicted octanol–water partition coefficient (Wildman–Crippen LogP) is 0.609. The standard InChI is InChI=1S/C13H22FN3O5/c1-13(2,3)22-11(19)15-8-4-5-16(6-8)10-9(7-18)21-12(20)17(10)14/h8-10,18H,4-7H2,1-3H3,(H,15,19)/t8-,9?,10?/m0/s1. The van der Waals surface area contributed by atoms with Crippen LogP contribution in [0.4, 0.5) is 14.1 Å². The minimum atomic E-state index is -1.10. The summed E-state index contributed by atoms with van der Waals surface area (Å²) < 4.78 is 23.7. The van der Waals surface area contributed by atoms with E-state index in [0.717, 1.165) is 0 Å². The number of rotatable bonds is 3. The molecule has 2 N–H and O–H groups in total. The molecule has 0 radical (unpaired) electrons. The lowest BCUT2D eigenvalue weighted by Gasteiger charge is -2.27. The van der Waals surface area contributed by atoms with Crippen LogP contribution in [0, 0.1) is 0 Å². The number of hydrogen-bond donors (Lipinski definition) is 2. The maximum atomic E-state index is 13.8. The summed E-state index contributed by atoms with van der Waals surface area (Å²) in [7, 11) is 0. The average molecular weight is 319 g/mol. The summed E-state index contributed by atoms with van der Waals surface area (Å²) in [6.45, 7) is 5.65. The third-order valence-corrected chi connectivity index (χ3v) is 3.49. The fourth-order valence-corrected chi connectivity index (χ4v) is 2.62. The van der Waals surface area contributed by atoms with E-state index in [9.17, 15) is 19.2 Å². The smallest absolute Gasteiger partial charge is 0.440 e. The molecule has 0 aromatic rings. The largest absolute Gasteiger partial charge is 0.444 e. The number of amides is 2. The number of carbonyl (C=O) groups excluding carboxylic acids is 2. The maximum absolute atomic E-state index is 13.8. The fourth-order valence-electron chi connectivity index (χ4n) is 2.62. The molecule has 2 unspecified atom stereocenters. The molecule has 2 heterocycles. The summed E-state index contributed by atoms with van der Waals surface area (Å²) in [5.74, 6) is 0. The van der Waals surface area contributed by atoms with Crippen LogP contribution in [0.25, 0.3) is 0 Å². The number of alkyl carbamates (subject to hydrolysis) is 1. The highest BCUT2D eigenvalue weighted by Crippen LogP contribution is 2.26. The van der Waals surface area contributed by atoms with Crippen molar-refractivity contribution >= 4 is 12.2 Å². The van der Waals surface area contributed by atoms with Crippen molar-refractivity contribution in [2.75, 3.05) is 19.7 Å². The van der Waals surface area contributed by atoms with Gasteiger partial charge in [0.25, 0.3) is 0 Å². The second-order valence-electron chi connectivity index (χ2n) is 6.46. The van der Waals surface area contributed by atoms with Gasteiger partial charge in [-0.05, 0) is 27.2 Å². The molecule has 2 rings (SSSR count). The third-order valence-electron chi connectivity index (χ3n) is 3.49. The van der Waals surface area contributed by atoms with Gasteiger partial charge in [0.05, 0.1) is 6.61 Å². The lowest BCUT2D eigenvalue weighted by atomic mass is 10.2. The molecule has 2 fully saturated rings. The number of aliphatic hydroxyl groups is 1. The first-order chi connectivity index (χ1) is 10.2. The van der Waals surface area contributed by atoms with E-state index in [1.165, 1.54) is 0 Å². The zero-order valence-corrected chi connectivity index (χ0v) is 12.9. The number of ether oxygens (including phenoxy) is 2. The van der Waals surface area contributed by atoms with Crippen molar-refractivity contribution in [3.05, 3.63) is 0 Å². The number of nitrogens with one attached hydrogen (secondary N) is 1. The van der Waals surface area contributed by atoms with Gasteiger partial charge in [-0.3, -0.25) is 4.90 Å². The first-order valence-electron chi connectivity index (χ1n) is 7.21. The number of halogens is 1. The van der Waals surface area contributed by atoms with E-state index in [1.807, 2.05) is 0 Å². The van der Waals surface area contributed by atoms with Crippen LogP contribution in [0.2, 0.25) is 0 Å². The molecule has 0 saturated carbocycles. The first-order valence-corrected chi connectivity index (χ1v) is 7.21. The van der Waals surface area contributed by atoms with Crippen molar-refractivity contribution in [3.8, 4) is 0 Å². The maximum Gasteiger partial charge on any atom is 0.440 e. The van der Waals surface area contributed by atoms with Crippen molar-refractivity contribution in [2.24, 2.45) is 0 Å². The Morgan fingerprint density at radius 1 is 1.55 bits per heavy atom. The quantitative estimate of drug-likeness (QED) is 0.741. The van der Waals surface area contributed by atoms with E-state index in [-0.39, 0.29) is 11.2 Å². The Kier molecular flexibility index (Phi) is 4.76. The minimum absolute atomic E-state index is 0.0171. The monoisotopic (exact) mass is 319 g/mol. The van der Waals surface area contributed by atoms with Crippen molar-refractivity contribution < 1.29 is 28.7 Å². The van der Waals surface area contributed by atoms with Gasteiger partial charge >= 0.3 is 12.2 Å². The van der Waals surface area contributed by atoms with Crippen LogP contribution in [0.5, 0.6) is 0 Å². The van der Waals surface area contributed by atoms with Crippen LogP contribution in [-0.2, 0) is 9.47 Å². The molecule has 2 aliphatic heterocycles. The molecule has 3 atom stereocenters. The molecule has 2 amide bonds. The Balaban J connectivity index is 1.90. The lowest BCUT2D eigenvalue weighted by Crippen LogP contribution is -2.49. The topological polar surface area (TPSA) is 91.3 Å². The Morgan fingerprint density at radius 2 is 2.23 bits per heavy atom. The summed E-state index contributed by atoms with van der Waals surface area (Å²) in [5.41, 5.74) is -0.591. The summed E-state index contributed by atoms with van der Waals surface area (Å²) in [6, 6.07) is -0.210. The van der Waals surface area contributed by atoms with Crippen molar-refractivity contribution in [1.29, 1.82) is 0 Å². The van der Waals surface area contributed by atoms with Gasteiger partial charge in [0.1, 0.15) is 5.60 Å². The number of hydrogen-bond acceptors (Lipinski definition) is 6. The Hall–Kier alpha value is -1.61. The lowest BCUT2D eigenvalue weighted by molar-refractivity contribution is -0.0389. The normalized spacial score (nSPS) is 29.6. The summed E-state index contributed by atoms with van der Waals surface area (Å²) >= 11 is 0. The van der Waals surface area contributed by atoms with Crippen LogP contribution >= 0.6 is 0 Å². The zero-order valence-electron chi connectivity index (χ0n) is 12.9. The number of nitrogens with zero attached hydrogens (tertiary/aromatic N) is 2. The molecule has 2 saturated heterocycles. The van der Waals surface area contributed by atoms with E-state index in [0.29, 0.717) is 19.5 Å². The van der Waals surface area contributed by atoms with Gasteiger partial charge in [0.15, 0.2) is 12.3 Å². The van der Waals surface area contributed by atoms with Crippen LogP contribution in [0.3, 0.4) is 0 Å². The highest BCUT2D eigenvalue weighted by molar-refractivity contribution is 5.69. The molecule has 8 nitrogen and oxygen atoms in total. The molecule has 0 spiro atoms. The summed E-state index contributed by atoms with van der Waals surface area (Å²) in [5, 5.41) is 11.9. The Bertz CT molecular complexity index is 442.